The van der Waals surface area contributed by atoms with Gasteiger partial charge in [-0.05, 0) is 36.3 Å². The van der Waals surface area contributed by atoms with Gasteiger partial charge in [0.25, 0.3) is 5.91 Å². The Morgan fingerprint density at radius 2 is 2.00 bits per heavy atom. The van der Waals surface area contributed by atoms with Crippen LogP contribution in [0.4, 0.5) is 0 Å². The lowest BCUT2D eigenvalue weighted by Crippen LogP contribution is -2.45. The molecule has 0 bridgehead atoms. The zero-order valence-corrected chi connectivity index (χ0v) is 12.8. The van der Waals surface area contributed by atoms with Crippen molar-refractivity contribution in [3.8, 4) is 0 Å². The van der Waals surface area contributed by atoms with Crippen molar-refractivity contribution < 1.29 is 9.90 Å². The normalized spacial score (nSPS) is 22.5. The van der Waals surface area contributed by atoms with Gasteiger partial charge >= 0.3 is 0 Å². The first-order valence-corrected chi connectivity index (χ1v) is 8.51. The molecule has 2 atom stereocenters. The molecule has 1 amide bonds. The van der Waals surface area contributed by atoms with Gasteiger partial charge in [-0.3, -0.25) is 4.79 Å². The summed E-state index contributed by atoms with van der Waals surface area (Å²) in [5.41, 5.74) is 1.92. The highest BCUT2D eigenvalue weighted by molar-refractivity contribution is 7.98. The van der Waals surface area contributed by atoms with Crippen molar-refractivity contribution in [3.63, 3.8) is 0 Å². The molecule has 2 unspecified atom stereocenters. The Morgan fingerprint density at radius 3 is 2.65 bits per heavy atom. The van der Waals surface area contributed by atoms with Gasteiger partial charge in [0.1, 0.15) is 0 Å². The molecule has 1 aliphatic carbocycles. The molecule has 0 aliphatic heterocycles. The lowest BCUT2D eigenvalue weighted by atomic mass is 9.92. The molecule has 3 nitrogen and oxygen atoms in total. The SMILES string of the molecule is CCSCc1ccc(C(=O)NC2CCCCC2O)cc1. The highest BCUT2D eigenvalue weighted by Gasteiger charge is 2.24. The number of rotatable bonds is 5. The molecule has 0 spiro atoms. The summed E-state index contributed by atoms with van der Waals surface area (Å²) < 4.78 is 0. The van der Waals surface area contributed by atoms with Crippen molar-refractivity contribution in [1.29, 1.82) is 0 Å². The van der Waals surface area contributed by atoms with Gasteiger partial charge in [-0.2, -0.15) is 11.8 Å². The molecule has 1 saturated carbocycles. The molecule has 2 N–H and O–H groups in total. The van der Waals surface area contributed by atoms with Gasteiger partial charge in [0.15, 0.2) is 0 Å². The Morgan fingerprint density at radius 1 is 1.30 bits per heavy atom. The summed E-state index contributed by atoms with van der Waals surface area (Å²) in [4.78, 5) is 12.2. The molecule has 0 heterocycles. The van der Waals surface area contributed by atoms with E-state index in [1.54, 1.807) is 0 Å². The molecule has 1 aromatic rings. The van der Waals surface area contributed by atoms with E-state index in [-0.39, 0.29) is 11.9 Å². The molecule has 4 heteroatoms. The summed E-state index contributed by atoms with van der Waals surface area (Å²) in [7, 11) is 0. The van der Waals surface area contributed by atoms with E-state index in [4.69, 9.17) is 0 Å². The Hall–Kier alpha value is -1.00. The number of benzene rings is 1. The first-order chi connectivity index (χ1) is 9.70. The third kappa shape index (κ3) is 4.25. The first-order valence-electron chi connectivity index (χ1n) is 7.36. The molecule has 110 valence electrons. The molecule has 20 heavy (non-hydrogen) atoms. The smallest absolute Gasteiger partial charge is 0.251 e. The highest BCUT2D eigenvalue weighted by atomic mass is 32.2. The van der Waals surface area contributed by atoms with Crippen molar-refractivity contribution in [1.82, 2.24) is 5.32 Å². The van der Waals surface area contributed by atoms with E-state index in [2.05, 4.69) is 12.2 Å². The summed E-state index contributed by atoms with van der Waals surface area (Å²) in [6.07, 6.45) is 3.40. The number of amides is 1. The standard InChI is InChI=1S/C16H23NO2S/c1-2-20-11-12-7-9-13(10-8-12)16(19)17-14-5-3-4-6-15(14)18/h7-10,14-15,18H,2-6,11H2,1H3,(H,17,19). The molecular weight excluding hydrogens is 270 g/mol. The number of aliphatic hydroxyl groups is 1. The summed E-state index contributed by atoms with van der Waals surface area (Å²) in [6.45, 7) is 2.14. The van der Waals surface area contributed by atoms with E-state index >= 15 is 0 Å². The van der Waals surface area contributed by atoms with E-state index in [1.807, 2.05) is 36.0 Å². The van der Waals surface area contributed by atoms with Gasteiger partial charge in [-0.1, -0.05) is 31.9 Å². The fourth-order valence-electron chi connectivity index (χ4n) is 2.50. The van der Waals surface area contributed by atoms with Gasteiger partial charge in [0.2, 0.25) is 0 Å². The maximum absolute atomic E-state index is 12.2. The van der Waals surface area contributed by atoms with Gasteiger partial charge in [-0.15, -0.1) is 0 Å². The zero-order chi connectivity index (χ0) is 14.4. The van der Waals surface area contributed by atoms with Crippen LogP contribution in [0.5, 0.6) is 0 Å². The van der Waals surface area contributed by atoms with E-state index in [0.717, 1.165) is 37.2 Å². The lowest BCUT2D eigenvalue weighted by Gasteiger charge is -2.28. The summed E-state index contributed by atoms with van der Waals surface area (Å²) in [5.74, 6) is 2.01. The van der Waals surface area contributed by atoms with Crippen molar-refractivity contribution in [2.45, 2.75) is 50.5 Å². The molecule has 1 aliphatic rings. The molecule has 2 rings (SSSR count). The summed E-state index contributed by atoms with van der Waals surface area (Å²) >= 11 is 1.87. The maximum Gasteiger partial charge on any atom is 0.251 e. The minimum absolute atomic E-state index is 0.0781. The van der Waals surface area contributed by atoms with E-state index in [9.17, 15) is 9.90 Å². The lowest BCUT2D eigenvalue weighted by molar-refractivity contribution is 0.0717. The number of aliphatic hydroxyl groups excluding tert-OH is 1. The number of thioether (sulfide) groups is 1. The monoisotopic (exact) mass is 293 g/mol. The van der Waals surface area contributed by atoms with Crippen LogP contribution >= 0.6 is 11.8 Å². The zero-order valence-electron chi connectivity index (χ0n) is 12.0. The molecule has 0 saturated heterocycles. The number of nitrogens with one attached hydrogen (secondary N) is 1. The van der Waals surface area contributed by atoms with Gasteiger partial charge in [0, 0.05) is 11.3 Å². The van der Waals surface area contributed by atoms with Crippen LogP contribution in [0.1, 0.15) is 48.5 Å². The van der Waals surface area contributed by atoms with Crippen LogP contribution in [-0.4, -0.2) is 28.9 Å². The number of hydrogen-bond donors (Lipinski definition) is 2. The third-order valence-corrected chi connectivity index (χ3v) is 4.68. The molecule has 1 fully saturated rings. The van der Waals surface area contributed by atoms with Crippen molar-refractivity contribution >= 4 is 17.7 Å². The minimum Gasteiger partial charge on any atom is -0.391 e. The minimum atomic E-state index is -0.395. The maximum atomic E-state index is 12.2. The number of carbonyl (C=O) groups excluding carboxylic acids is 1. The Labute approximate surface area is 125 Å². The highest BCUT2D eigenvalue weighted by Crippen LogP contribution is 2.19. The third-order valence-electron chi connectivity index (χ3n) is 3.73. The van der Waals surface area contributed by atoms with E-state index in [1.165, 1.54) is 5.56 Å². The number of hydrogen-bond acceptors (Lipinski definition) is 3. The molecular formula is C16H23NO2S. The van der Waals surface area contributed by atoms with E-state index < -0.39 is 6.10 Å². The Kier molecular flexibility index (Phi) is 5.92. The van der Waals surface area contributed by atoms with Crippen LogP contribution in [0.3, 0.4) is 0 Å². The largest absolute Gasteiger partial charge is 0.391 e. The van der Waals surface area contributed by atoms with Gasteiger partial charge in [-0.25, -0.2) is 0 Å². The average molecular weight is 293 g/mol. The molecule has 0 aromatic heterocycles. The fourth-order valence-corrected chi connectivity index (χ4v) is 3.14. The quantitative estimate of drug-likeness (QED) is 0.877. The predicted molar refractivity (Wildman–Crippen MR) is 84.0 cm³/mol. The second-order valence-corrected chi connectivity index (χ2v) is 6.54. The van der Waals surface area contributed by atoms with E-state index in [0.29, 0.717) is 5.56 Å². The molecule has 0 radical (unpaired) electrons. The second-order valence-electron chi connectivity index (χ2n) is 5.27. The van der Waals surface area contributed by atoms with Crippen molar-refractivity contribution in [2.75, 3.05) is 5.75 Å². The Balaban J connectivity index is 1.91. The predicted octanol–water partition coefficient (Wildman–Crippen LogP) is 2.97. The average Bonchev–Trinajstić information content (AvgIpc) is 2.48. The second kappa shape index (κ2) is 7.70. The van der Waals surface area contributed by atoms with Gasteiger partial charge < -0.3 is 10.4 Å². The van der Waals surface area contributed by atoms with Crippen LogP contribution in [0.2, 0.25) is 0 Å². The van der Waals surface area contributed by atoms with Crippen LogP contribution in [-0.2, 0) is 5.75 Å². The topological polar surface area (TPSA) is 49.3 Å². The Bertz CT molecular complexity index is 433. The van der Waals surface area contributed by atoms with Crippen LogP contribution in [0.25, 0.3) is 0 Å². The van der Waals surface area contributed by atoms with Crippen LogP contribution < -0.4 is 5.32 Å². The fraction of sp³-hybridized carbons (Fsp3) is 0.562. The van der Waals surface area contributed by atoms with Crippen molar-refractivity contribution in [2.24, 2.45) is 0 Å². The summed E-state index contributed by atoms with van der Waals surface area (Å²) in [5, 5.41) is 12.8. The number of carbonyl (C=O) groups is 1. The van der Waals surface area contributed by atoms with Gasteiger partial charge in [0.05, 0.1) is 12.1 Å². The first kappa shape index (κ1) is 15.4. The van der Waals surface area contributed by atoms with Crippen molar-refractivity contribution in [3.05, 3.63) is 35.4 Å². The van der Waals surface area contributed by atoms with Crippen LogP contribution in [0.15, 0.2) is 24.3 Å². The molecule has 1 aromatic carbocycles. The summed E-state index contributed by atoms with van der Waals surface area (Å²) in [6, 6.07) is 7.67. The van der Waals surface area contributed by atoms with Crippen LogP contribution in [0, 0.1) is 0 Å².